The first-order valence-corrected chi connectivity index (χ1v) is 7.92. The van der Waals surface area contributed by atoms with Crippen molar-refractivity contribution < 1.29 is 9.90 Å². The maximum absolute atomic E-state index is 12.0. The lowest BCUT2D eigenvalue weighted by Gasteiger charge is -2.29. The van der Waals surface area contributed by atoms with Crippen LogP contribution in [-0.4, -0.2) is 23.4 Å². The topological polar surface area (TPSA) is 49.3 Å². The summed E-state index contributed by atoms with van der Waals surface area (Å²) in [6, 6.07) is 4.91. The van der Waals surface area contributed by atoms with Crippen LogP contribution in [0, 0.1) is 8.99 Å². The normalized spacial score (nSPS) is 11.4. The molecular weight excluding hydrogens is 377 g/mol. The van der Waals surface area contributed by atoms with Crippen LogP contribution in [0.15, 0.2) is 18.2 Å². The molecule has 0 saturated carbocycles. The lowest BCUT2D eigenvalue weighted by atomic mass is 9.84. The van der Waals surface area contributed by atoms with Gasteiger partial charge in [-0.1, -0.05) is 13.8 Å². The first kappa shape index (κ1) is 16.6. The summed E-state index contributed by atoms with van der Waals surface area (Å²) in [5, 5.41) is 12.5. The molecule has 0 aliphatic rings. The Balaban J connectivity index is 2.72. The third-order valence-corrected chi connectivity index (χ3v) is 5.09. The molecule has 1 aromatic carbocycles. The first-order chi connectivity index (χ1) is 8.98. The molecule has 1 amide bonds. The van der Waals surface area contributed by atoms with Crippen LogP contribution < -0.4 is 5.32 Å². The molecule has 5 heteroatoms. The maximum atomic E-state index is 12.0. The average molecular weight is 396 g/mol. The molecule has 1 aromatic rings. The molecule has 0 unspecified atom stereocenters. The summed E-state index contributed by atoms with van der Waals surface area (Å²) in [7, 11) is 0. The zero-order chi connectivity index (χ0) is 14.5. The molecule has 3 nitrogen and oxygen atoms in total. The molecule has 0 atom stereocenters. The Morgan fingerprint density at radius 2 is 2.05 bits per heavy atom. The summed E-state index contributed by atoms with van der Waals surface area (Å²) in [4.78, 5) is 12.0. The lowest BCUT2D eigenvalue weighted by Crippen LogP contribution is -2.38. The van der Waals surface area contributed by atoms with Crippen molar-refractivity contribution in [1.82, 2.24) is 5.32 Å². The molecule has 0 aliphatic heterocycles. The van der Waals surface area contributed by atoms with E-state index in [0.29, 0.717) is 18.0 Å². The van der Waals surface area contributed by atoms with E-state index in [9.17, 15) is 9.90 Å². The van der Waals surface area contributed by atoms with E-state index in [1.807, 2.05) is 22.6 Å². The summed E-state index contributed by atoms with van der Waals surface area (Å²) in [5.74, 6) is 0.476. The van der Waals surface area contributed by atoms with Gasteiger partial charge in [0.2, 0.25) is 0 Å². The Morgan fingerprint density at radius 1 is 1.42 bits per heavy atom. The van der Waals surface area contributed by atoms with Crippen LogP contribution in [0.2, 0.25) is 0 Å². The molecule has 2 N–H and O–H groups in total. The zero-order valence-corrected chi connectivity index (χ0v) is 14.1. The summed E-state index contributed by atoms with van der Waals surface area (Å²) < 4.78 is 0.728. The van der Waals surface area contributed by atoms with Crippen LogP contribution in [0.25, 0.3) is 0 Å². The molecule has 0 spiro atoms. The van der Waals surface area contributed by atoms with E-state index in [0.717, 1.165) is 16.4 Å². The Labute approximate surface area is 132 Å². The summed E-state index contributed by atoms with van der Waals surface area (Å²) in [6.45, 7) is 4.71. The number of carbonyl (C=O) groups excluding carboxylic acids is 1. The summed E-state index contributed by atoms with van der Waals surface area (Å²) in [6.07, 6.45) is 1.84. The smallest absolute Gasteiger partial charge is 0.251 e. The number of amides is 1. The summed E-state index contributed by atoms with van der Waals surface area (Å²) in [5.41, 5.74) is 0.413. The van der Waals surface area contributed by atoms with Crippen molar-refractivity contribution in [1.29, 1.82) is 0 Å². The highest BCUT2D eigenvalue weighted by Crippen LogP contribution is 2.27. The van der Waals surface area contributed by atoms with Crippen LogP contribution in [0.5, 0.6) is 5.75 Å². The predicted molar refractivity (Wildman–Crippen MR) is 86.9 cm³/mol. The van der Waals surface area contributed by atoms with Gasteiger partial charge in [-0.3, -0.25) is 4.79 Å². The Morgan fingerprint density at radius 3 is 2.53 bits per heavy atom. The summed E-state index contributed by atoms with van der Waals surface area (Å²) >= 11 is 8.03. The number of phenols is 1. The fraction of sp³-hybridized carbons (Fsp3) is 0.500. The highest BCUT2D eigenvalue weighted by atomic mass is 127. The number of hydrogen-bond acceptors (Lipinski definition) is 2. The van der Waals surface area contributed by atoms with Gasteiger partial charge in [-0.2, -0.15) is 0 Å². The number of carbonyl (C=O) groups is 1. The minimum atomic E-state index is -0.178. The number of aromatic hydroxyl groups is 1. The van der Waals surface area contributed by atoms with E-state index in [2.05, 4.69) is 19.2 Å². The fourth-order valence-electron chi connectivity index (χ4n) is 1.76. The van der Waals surface area contributed by atoms with Crippen molar-refractivity contribution in [2.75, 3.05) is 12.4 Å². The van der Waals surface area contributed by atoms with E-state index in [1.165, 1.54) is 6.07 Å². The number of rotatable bonds is 6. The zero-order valence-electron chi connectivity index (χ0n) is 11.2. The second-order valence-electron chi connectivity index (χ2n) is 4.69. The quantitative estimate of drug-likeness (QED) is 0.569. The highest BCUT2D eigenvalue weighted by Gasteiger charge is 2.25. The van der Waals surface area contributed by atoms with Gasteiger partial charge in [-0.15, -0.1) is 11.6 Å². The Kier molecular flexibility index (Phi) is 6.39. The van der Waals surface area contributed by atoms with Crippen molar-refractivity contribution in [2.45, 2.75) is 26.7 Å². The molecule has 0 radical (unpaired) electrons. The average Bonchev–Trinajstić information content (AvgIpc) is 2.43. The molecule has 0 heterocycles. The van der Waals surface area contributed by atoms with Crippen LogP contribution in [-0.2, 0) is 0 Å². The number of benzene rings is 1. The third-order valence-electron chi connectivity index (χ3n) is 3.62. The predicted octanol–water partition coefficient (Wildman–Crippen LogP) is 3.77. The molecule has 0 fully saturated rings. The van der Waals surface area contributed by atoms with E-state index in [-0.39, 0.29) is 17.1 Å². The number of alkyl halides is 1. The largest absolute Gasteiger partial charge is 0.507 e. The molecule has 0 aliphatic carbocycles. The Hall–Kier alpha value is -0.490. The van der Waals surface area contributed by atoms with Gasteiger partial charge in [0.25, 0.3) is 5.91 Å². The van der Waals surface area contributed by atoms with Crippen molar-refractivity contribution in [3.63, 3.8) is 0 Å². The molecule has 1 rings (SSSR count). The number of nitrogens with one attached hydrogen (secondary N) is 1. The standard InChI is InChI=1S/C14H19ClINO2/c1-3-14(4-2,8-15)9-17-13(19)10-5-6-11(16)12(18)7-10/h5-7,18H,3-4,8-9H2,1-2H3,(H,17,19). The van der Waals surface area contributed by atoms with Crippen LogP contribution in [0.1, 0.15) is 37.0 Å². The second-order valence-corrected chi connectivity index (χ2v) is 6.12. The number of hydrogen-bond donors (Lipinski definition) is 2. The minimum Gasteiger partial charge on any atom is -0.507 e. The number of phenolic OH excluding ortho intramolecular Hbond substituents is 1. The van der Waals surface area contributed by atoms with E-state index >= 15 is 0 Å². The van der Waals surface area contributed by atoms with Gasteiger partial charge in [-0.25, -0.2) is 0 Å². The van der Waals surface area contributed by atoms with E-state index in [4.69, 9.17) is 11.6 Å². The minimum absolute atomic E-state index is 0.0531. The van der Waals surface area contributed by atoms with Gasteiger partial charge in [0.15, 0.2) is 0 Å². The second kappa shape index (κ2) is 7.33. The van der Waals surface area contributed by atoms with Gasteiger partial charge in [-0.05, 0) is 53.6 Å². The van der Waals surface area contributed by atoms with Crippen molar-refractivity contribution in [3.8, 4) is 5.75 Å². The van der Waals surface area contributed by atoms with Gasteiger partial charge in [0.05, 0.1) is 3.57 Å². The SMILES string of the molecule is CCC(CC)(CCl)CNC(=O)c1ccc(I)c(O)c1. The molecular formula is C14H19ClINO2. The van der Waals surface area contributed by atoms with E-state index < -0.39 is 0 Å². The van der Waals surface area contributed by atoms with Crippen LogP contribution >= 0.6 is 34.2 Å². The highest BCUT2D eigenvalue weighted by molar-refractivity contribution is 14.1. The third kappa shape index (κ3) is 4.24. The van der Waals surface area contributed by atoms with Crippen LogP contribution in [0.3, 0.4) is 0 Å². The van der Waals surface area contributed by atoms with Crippen molar-refractivity contribution in [3.05, 3.63) is 27.3 Å². The molecule has 0 saturated heterocycles. The van der Waals surface area contributed by atoms with Crippen molar-refractivity contribution in [2.24, 2.45) is 5.41 Å². The van der Waals surface area contributed by atoms with Crippen LogP contribution in [0.4, 0.5) is 0 Å². The molecule has 106 valence electrons. The van der Waals surface area contributed by atoms with E-state index in [1.54, 1.807) is 12.1 Å². The first-order valence-electron chi connectivity index (χ1n) is 6.30. The fourth-order valence-corrected chi connectivity index (χ4v) is 2.57. The molecule has 0 aromatic heterocycles. The maximum Gasteiger partial charge on any atom is 0.251 e. The number of halogens is 2. The van der Waals surface area contributed by atoms with Gasteiger partial charge in [0, 0.05) is 23.4 Å². The van der Waals surface area contributed by atoms with Gasteiger partial charge < -0.3 is 10.4 Å². The molecule has 19 heavy (non-hydrogen) atoms. The van der Waals surface area contributed by atoms with Gasteiger partial charge >= 0.3 is 0 Å². The monoisotopic (exact) mass is 395 g/mol. The molecule has 0 bridgehead atoms. The van der Waals surface area contributed by atoms with Crippen molar-refractivity contribution >= 4 is 40.1 Å². The lowest BCUT2D eigenvalue weighted by molar-refractivity contribution is 0.0931. The van der Waals surface area contributed by atoms with Gasteiger partial charge in [0.1, 0.15) is 5.75 Å². The Bertz CT molecular complexity index is 439.